The van der Waals surface area contributed by atoms with Crippen LogP contribution in [0.2, 0.25) is 0 Å². The van der Waals surface area contributed by atoms with Gasteiger partial charge in [0.15, 0.2) is 5.58 Å². The molecule has 2 heteroatoms. The maximum absolute atomic E-state index is 5.64. The fraction of sp³-hybridized carbons (Fsp3) is 0.154. The first-order valence-corrected chi connectivity index (χ1v) is 5.00. The van der Waals surface area contributed by atoms with Crippen LogP contribution in [0.4, 0.5) is 0 Å². The highest BCUT2D eigenvalue weighted by molar-refractivity contribution is 5.77. The number of para-hydroxylation sites is 2. The fourth-order valence-electron chi connectivity index (χ4n) is 1.47. The number of oxazole rings is 1. The largest absolute Gasteiger partial charge is 0.436 e. The normalized spacial score (nSPS) is 12.8. The summed E-state index contributed by atoms with van der Waals surface area (Å²) in [6.45, 7) is 3.95. The predicted octanol–water partition coefficient (Wildman–Crippen LogP) is 3.81. The van der Waals surface area contributed by atoms with Crippen molar-refractivity contribution in [3.05, 3.63) is 48.4 Å². The van der Waals surface area contributed by atoms with Crippen LogP contribution in [0.1, 0.15) is 19.7 Å². The Hall–Kier alpha value is -1.83. The molecule has 2 aromatic rings. The highest BCUT2D eigenvalue weighted by Crippen LogP contribution is 2.21. The van der Waals surface area contributed by atoms with Gasteiger partial charge in [-0.2, -0.15) is 0 Å². The molecular weight excluding hydrogens is 186 g/mol. The van der Waals surface area contributed by atoms with E-state index in [1.54, 1.807) is 0 Å². The minimum Gasteiger partial charge on any atom is -0.436 e. The number of allylic oxidation sites excluding steroid dienone is 4. The van der Waals surface area contributed by atoms with Gasteiger partial charge in [-0.15, -0.1) is 0 Å². The Balaban J connectivity index is 2.53. The molecule has 0 aliphatic carbocycles. The van der Waals surface area contributed by atoms with E-state index in [1.807, 2.05) is 56.3 Å². The van der Waals surface area contributed by atoms with E-state index in [4.69, 9.17) is 4.42 Å². The monoisotopic (exact) mass is 199 g/mol. The summed E-state index contributed by atoms with van der Waals surface area (Å²) < 4.78 is 5.64. The van der Waals surface area contributed by atoms with Gasteiger partial charge < -0.3 is 4.42 Å². The molecule has 0 saturated carbocycles. The van der Waals surface area contributed by atoms with Crippen LogP contribution in [0.25, 0.3) is 16.7 Å². The maximum Gasteiger partial charge on any atom is 0.226 e. The number of benzene rings is 1. The van der Waals surface area contributed by atoms with Crippen molar-refractivity contribution in [2.45, 2.75) is 13.8 Å². The van der Waals surface area contributed by atoms with Crippen LogP contribution < -0.4 is 0 Å². The fourth-order valence-corrected chi connectivity index (χ4v) is 1.47. The van der Waals surface area contributed by atoms with Crippen LogP contribution in [-0.2, 0) is 0 Å². The van der Waals surface area contributed by atoms with Crippen LogP contribution in [0, 0.1) is 0 Å². The van der Waals surface area contributed by atoms with E-state index in [2.05, 4.69) is 4.98 Å². The lowest BCUT2D eigenvalue weighted by Crippen LogP contribution is -1.78. The first-order valence-electron chi connectivity index (χ1n) is 5.00. The molecule has 1 heterocycles. The zero-order chi connectivity index (χ0) is 10.7. The second-order valence-corrected chi connectivity index (χ2v) is 3.23. The molecule has 0 atom stereocenters. The van der Waals surface area contributed by atoms with Crippen LogP contribution in [0.3, 0.4) is 0 Å². The van der Waals surface area contributed by atoms with Gasteiger partial charge in [-0.25, -0.2) is 4.98 Å². The number of aromatic nitrogens is 1. The molecule has 0 unspecified atom stereocenters. The average Bonchev–Trinajstić information content (AvgIpc) is 2.69. The molecule has 76 valence electrons. The lowest BCUT2D eigenvalue weighted by atomic mass is 10.2. The van der Waals surface area contributed by atoms with Crippen LogP contribution in [0.5, 0.6) is 0 Å². The standard InChI is InChI=1S/C13H13NO/c1-3-7-10(4-2)13-14-11-8-5-6-9-12(11)15-13/h3-9H,1-2H3/b7-3-,10-4+. The first-order chi connectivity index (χ1) is 7.35. The molecule has 2 rings (SSSR count). The Bertz CT molecular complexity index is 487. The van der Waals surface area contributed by atoms with Crippen molar-refractivity contribution >= 4 is 16.7 Å². The van der Waals surface area contributed by atoms with Gasteiger partial charge in [-0.3, -0.25) is 0 Å². The Morgan fingerprint density at radius 1 is 1.27 bits per heavy atom. The van der Waals surface area contributed by atoms with E-state index >= 15 is 0 Å². The van der Waals surface area contributed by atoms with Crippen molar-refractivity contribution in [2.24, 2.45) is 0 Å². The summed E-state index contributed by atoms with van der Waals surface area (Å²) in [4.78, 5) is 4.42. The van der Waals surface area contributed by atoms with Crippen LogP contribution in [0.15, 0.2) is 46.9 Å². The van der Waals surface area contributed by atoms with E-state index in [9.17, 15) is 0 Å². The average molecular weight is 199 g/mol. The summed E-state index contributed by atoms with van der Waals surface area (Å²) in [6, 6.07) is 7.78. The highest BCUT2D eigenvalue weighted by Gasteiger charge is 2.06. The lowest BCUT2D eigenvalue weighted by molar-refractivity contribution is 0.585. The van der Waals surface area contributed by atoms with Crippen molar-refractivity contribution in [1.29, 1.82) is 0 Å². The summed E-state index contributed by atoms with van der Waals surface area (Å²) in [5.74, 6) is 0.678. The summed E-state index contributed by atoms with van der Waals surface area (Å²) in [6.07, 6.45) is 5.96. The smallest absolute Gasteiger partial charge is 0.226 e. The topological polar surface area (TPSA) is 26.0 Å². The number of fused-ring (bicyclic) bond motifs is 1. The van der Waals surface area contributed by atoms with Gasteiger partial charge >= 0.3 is 0 Å². The van der Waals surface area contributed by atoms with Crippen LogP contribution in [-0.4, -0.2) is 4.98 Å². The van der Waals surface area contributed by atoms with Gasteiger partial charge in [-0.05, 0) is 26.0 Å². The molecule has 1 aromatic heterocycles. The number of hydrogen-bond acceptors (Lipinski definition) is 2. The molecule has 0 fully saturated rings. The van der Waals surface area contributed by atoms with Gasteiger partial charge in [-0.1, -0.05) is 30.4 Å². The highest BCUT2D eigenvalue weighted by atomic mass is 16.3. The predicted molar refractivity (Wildman–Crippen MR) is 62.5 cm³/mol. The molecule has 0 radical (unpaired) electrons. The third kappa shape index (κ3) is 1.84. The molecule has 0 N–H and O–H groups in total. The zero-order valence-corrected chi connectivity index (χ0v) is 8.90. The molecule has 0 amide bonds. The van der Waals surface area contributed by atoms with E-state index in [1.165, 1.54) is 0 Å². The Labute approximate surface area is 88.9 Å². The second-order valence-electron chi connectivity index (χ2n) is 3.23. The molecule has 15 heavy (non-hydrogen) atoms. The number of rotatable bonds is 2. The second kappa shape index (κ2) is 4.13. The molecule has 2 nitrogen and oxygen atoms in total. The molecule has 0 spiro atoms. The molecule has 0 aliphatic heterocycles. The maximum atomic E-state index is 5.64. The molecule has 1 aromatic carbocycles. The van der Waals surface area contributed by atoms with Crippen molar-refractivity contribution in [2.75, 3.05) is 0 Å². The number of nitrogens with zero attached hydrogens (tertiary/aromatic N) is 1. The van der Waals surface area contributed by atoms with E-state index in [0.717, 1.165) is 16.7 Å². The molecule has 0 aliphatic rings. The summed E-state index contributed by atoms with van der Waals surface area (Å²) in [7, 11) is 0. The zero-order valence-electron chi connectivity index (χ0n) is 8.90. The van der Waals surface area contributed by atoms with Crippen LogP contribution >= 0.6 is 0 Å². The van der Waals surface area contributed by atoms with E-state index < -0.39 is 0 Å². The van der Waals surface area contributed by atoms with E-state index in [0.29, 0.717) is 5.89 Å². The van der Waals surface area contributed by atoms with Gasteiger partial charge in [0.05, 0.1) is 0 Å². The number of hydrogen-bond donors (Lipinski definition) is 0. The minimum absolute atomic E-state index is 0.678. The molecular formula is C13H13NO. The SMILES string of the molecule is C/C=C\C(=C/C)c1nc2ccccc2o1. The van der Waals surface area contributed by atoms with Crippen molar-refractivity contribution in [3.8, 4) is 0 Å². The third-order valence-electron chi connectivity index (χ3n) is 2.20. The van der Waals surface area contributed by atoms with Gasteiger partial charge in [0.2, 0.25) is 5.89 Å². The minimum atomic E-state index is 0.678. The summed E-state index contributed by atoms with van der Waals surface area (Å²) in [5, 5.41) is 0. The quantitative estimate of drug-likeness (QED) is 0.687. The van der Waals surface area contributed by atoms with Crippen molar-refractivity contribution in [3.63, 3.8) is 0 Å². The van der Waals surface area contributed by atoms with Gasteiger partial charge in [0.25, 0.3) is 0 Å². The summed E-state index contributed by atoms with van der Waals surface area (Å²) in [5.41, 5.74) is 2.74. The molecule has 0 bridgehead atoms. The third-order valence-corrected chi connectivity index (χ3v) is 2.20. The van der Waals surface area contributed by atoms with Crippen molar-refractivity contribution < 1.29 is 4.42 Å². The van der Waals surface area contributed by atoms with Gasteiger partial charge in [0.1, 0.15) is 5.52 Å². The lowest BCUT2D eigenvalue weighted by Gasteiger charge is -1.92. The van der Waals surface area contributed by atoms with E-state index in [-0.39, 0.29) is 0 Å². The van der Waals surface area contributed by atoms with Crippen molar-refractivity contribution in [1.82, 2.24) is 4.98 Å². The summed E-state index contributed by atoms with van der Waals surface area (Å²) >= 11 is 0. The Morgan fingerprint density at radius 2 is 2.07 bits per heavy atom. The van der Waals surface area contributed by atoms with Gasteiger partial charge in [0, 0.05) is 5.57 Å². The molecule has 0 saturated heterocycles. The Kier molecular flexibility index (Phi) is 2.68. The first kappa shape index (κ1) is 9.71. The Morgan fingerprint density at radius 3 is 2.73 bits per heavy atom.